The fourth-order valence-electron chi connectivity index (χ4n) is 1.77. The molecule has 19 heavy (non-hydrogen) atoms. The van der Waals surface area contributed by atoms with E-state index in [1.165, 1.54) is 7.11 Å². The first-order valence-electron chi connectivity index (χ1n) is 5.73. The molecule has 0 heterocycles. The Morgan fingerprint density at radius 3 is 2.37 bits per heavy atom. The van der Waals surface area contributed by atoms with Crippen molar-refractivity contribution < 1.29 is 19.4 Å². The monoisotopic (exact) mass is 266 g/mol. The first kappa shape index (κ1) is 15.0. The smallest absolute Gasteiger partial charge is 0.330 e. The van der Waals surface area contributed by atoms with Crippen molar-refractivity contribution in [1.29, 1.82) is 0 Å². The number of nitrogens with one attached hydrogen (secondary N) is 1. The minimum absolute atomic E-state index is 0.451. The molecule has 0 spiro atoms. The number of aryl methyl sites for hydroxylation is 2. The number of hydrogen-bond donors (Lipinski definition) is 3. The SMILES string of the molecule is COc1c(C)c(C)cc(C)c1NC(=O)C(N)C(=O)O. The summed E-state index contributed by atoms with van der Waals surface area (Å²) in [4.78, 5) is 22.4. The molecule has 0 aromatic heterocycles. The third-order valence-electron chi connectivity index (χ3n) is 2.99. The molecule has 0 bridgehead atoms. The van der Waals surface area contributed by atoms with E-state index >= 15 is 0 Å². The molecule has 0 aliphatic heterocycles. The molecule has 104 valence electrons. The number of carboxylic acid groups (broad SMARTS) is 1. The van der Waals surface area contributed by atoms with Crippen LogP contribution in [0.5, 0.6) is 5.75 Å². The molecule has 1 rings (SSSR count). The van der Waals surface area contributed by atoms with Crippen molar-refractivity contribution in [3.8, 4) is 5.75 Å². The minimum atomic E-state index is -1.61. The molecule has 0 aliphatic carbocycles. The van der Waals surface area contributed by atoms with Gasteiger partial charge in [-0.1, -0.05) is 6.07 Å². The van der Waals surface area contributed by atoms with Gasteiger partial charge in [-0.3, -0.25) is 4.79 Å². The predicted octanol–water partition coefficient (Wildman–Crippen LogP) is 0.971. The highest BCUT2D eigenvalue weighted by Crippen LogP contribution is 2.34. The van der Waals surface area contributed by atoms with E-state index in [0.29, 0.717) is 11.4 Å². The average Bonchev–Trinajstić information content (AvgIpc) is 2.35. The lowest BCUT2D eigenvalue weighted by atomic mass is 10.0. The molecule has 1 amide bonds. The van der Waals surface area contributed by atoms with E-state index < -0.39 is 17.9 Å². The van der Waals surface area contributed by atoms with Gasteiger partial charge in [-0.2, -0.15) is 0 Å². The number of rotatable bonds is 4. The first-order valence-corrected chi connectivity index (χ1v) is 5.73. The van der Waals surface area contributed by atoms with Gasteiger partial charge >= 0.3 is 5.97 Å². The van der Waals surface area contributed by atoms with Gasteiger partial charge < -0.3 is 20.9 Å². The van der Waals surface area contributed by atoms with Gasteiger partial charge in [0.05, 0.1) is 12.8 Å². The Labute approximate surface area is 111 Å². The summed E-state index contributed by atoms with van der Waals surface area (Å²) in [7, 11) is 1.49. The first-order chi connectivity index (χ1) is 8.79. The van der Waals surface area contributed by atoms with Crippen LogP contribution >= 0.6 is 0 Å². The second-order valence-electron chi connectivity index (χ2n) is 4.35. The molecule has 4 N–H and O–H groups in total. The van der Waals surface area contributed by atoms with Crippen LogP contribution in [0.25, 0.3) is 0 Å². The molecule has 1 unspecified atom stereocenters. The van der Waals surface area contributed by atoms with Crippen LogP contribution in [0.2, 0.25) is 0 Å². The lowest BCUT2D eigenvalue weighted by molar-refractivity contribution is -0.141. The topological polar surface area (TPSA) is 102 Å². The lowest BCUT2D eigenvalue weighted by Crippen LogP contribution is -2.42. The zero-order chi connectivity index (χ0) is 14.7. The lowest BCUT2D eigenvalue weighted by Gasteiger charge is -2.18. The van der Waals surface area contributed by atoms with E-state index in [2.05, 4.69) is 5.32 Å². The van der Waals surface area contributed by atoms with Crippen LogP contribution in [-0.4, -0.2) is 30.1 Å². The highest BCUT2D eigenvalue weighted by molar-refractivity contribution is 6.08. The molecule has 0 aliphatic rings. The Bertz CT molecular complexity index is 526. The van der Waals surface area contributed by atoms with Gasteiger partial charge in [0.1, 0.15) is 5.75 Å². The van der Waals surface area contributed by atoms with Crippen LogP contribution in [0.4, 0.5) is 5.69 Å². The molecule has 0 saturated carbocycles. The van der Waals surface area contributed by atoms with Crippen LogP contribution in [-0.2, 0) is 9.59 Å². The maximum absolute atomic E-state index is 11.7. The number of anilines is 1. The van der Waals surface area contributed by atoms with E-state index in [4.69, 9.17) is 15.6 Å². The molecule has 0 fully saturated rings. The summed E-state index contributed by atoms with van der Waals surface area (Å²) in [6.45, 7) is 5.59. The highest BCUT2D eigenvalue weighted by atomic mass is 16.5. The molecule has 1 aromatic carbocycles. The van der Waals surface area contributed by atoms with E-state index in [0.717, 1.165) is 16.7 Å². The van der Waals surface area contributed by atoms with Gasteiger partial charge in [-0.05, 0) is 37.5 Å². The number of hydrogen-bond acceptors (Lipinski definition) is 4. The second kappa shape index (κ2) is 5.71. The maximum Gasteiger partial charge on any atom is 0.330 e. The Kier molecular flexibility index (Phi) is 4.50. The molecule has 1 aromatic rings. The fourth-order valence-corrected chi connectivity index (χ4v) is 1.77. The fraction of sp³-hybridized carbons (Fsp3) is 0.385. The molecule has 6 heteroatoms. The summed E-state index contributed by atoms with van der Waals surface area (Å²) >= 11 is 0. The molecular formula is C13H18N2O4. The van der Waals surface area contributed by atoms with Crippen LogP contribution in [0.1, 0.15) is 16.7 Å². The summed E-state index contributed by atoms with van der Waals surface area (Å²) in [5, 5.41) is 11.2. The third-order valence-corrected chi connectivity index (χ3v) is 2.99. The zero-order valence-corrected chi connectivity index (χ0v) is 11.4. The van der Waals surface area contributed by atoms with Gasteiger partial charge in [0.25, 0.3) is 5.91 Å². The standard InChI is InChI=1S/C13H18N2O4/c1-6-5-7(2)10(11(19-4)8(6)3)15-12(16)9(14)13(17)18/h5,9H,14H2,1-4H3,(H,15,16)(H,17,18). The Morgan fingerprint density at radius 2 is 1.89 bits per heavy atom. The van der Waals surface area contributed by atoms with Crippen molar-refractivity contribution in [3.05, 3.63) is 22.8 Å². The summed E-state index contributed by atoms with van der Waals surface area (Å²) in [6.07, 6.45) is 0. The summed E-state index contributed by atoms with van der Waals surface area (Å²) in [5.74, 6) is -1.64. The van der Waals surface area contributed by atoms with Gasteiger partial charge in [0.15, 0.2) is 6.04 Å². The number of carbonyl (C=O) groups is 2. The Morgan fingerprint density at radius 1 is 1.32 bits per heavy atom. The Hall–Kier alpha value is -2.08. The van der Waals surface area contributed by atoms with Gasteiger partial charge in [-0.15, -0.1) is 0 Å². The second-order valence-corrected chi connectivity index (χ2v) is 4.35. The number of benzene rings is 1. The zero-order valence-electron chi connectivity index (χ0n) is 11.4. The van der Waals surface area contributed by atoms with Crippen molar-refractivity contribution in [2.75, 3.05) is 12.4 Å². The van der Waals surface area contributed by atoms with Crippen molar-refractivity contribution in [3.63, 3.8) is 0 Å². The van der Waals surface area contributed by atoms with E-state index in [1.807, 2.05) is 19.9 Å². The van der Waals surface area contributed by atoms with Crippen molar-refractivity contribution >= 4 is 17.6 Å². The van der Waals surface area contributed by atoms with Gasteiger partial charge in [-0.25, -0.2) is 4.79 Å². The van der Waals surface area contributed by atoms with Crippen molar-refractivity contribution in [1.82, 2.24) is 0 Å². The number of nitrogens with two attached hydrogens (primary N) is 1. The molecule has 0 radical (unpaired) electrons. The van der Waals surface area contributed by atoms with Crippen molar-refractivity contribution in [2.45, 2.75) is 26.8 Å². The average molecular weight is 266 g/mol. The van der Waals surface area contributed by atoms with E-state index in [9.17, 15) is 9.59 Å². The van der Waals surface area contributed by atoms with Crippen LogP contribution in [0.3, 0.4) is 0 Å². The number of carboxylic acids is 1. The number of methoxy groups -OCH3 is 1. The van der Waals surface area contributed by atoms with Crippen LogP contribution in [0, 0.1) is 20.8 Å². The molecule has 1 atom stereocenters. The van der Waals surface area contributed by atoms with E-state index in [-0.39, 0.29) is 0 Å². The Balaban J connectivity index is 3.18. The predicted molar refractivity (Wildman–Crippen MR) is 71.4 cm³/mol. The molecule has 0 saturated heterocycles. The number of carbonyl (C=O) groups excluding carboxylic acids is 1. The van der Waals surface area contributed by atoms with Crippen LogP contribution in [0.15, 0.2) is 6.07 Å². The van der Waals surface area contributed by atoms with E-state index in [1.54, 1.807) is 6.92 Å². The van der Waals surface area contributed by atoms with Crippen LogP contribution < -0.4 is 15.8 Å². The summed E-state index contributed by atoms with van der Waals surface area (Å²) in [6, 6.07) is 0.283. The van der Waals surface area contributed by atoms with Gasteiger partial charge in [0, 0.05) is 0 Å². The largest absolute Gasteiger partial charge is 0.494 e. The number of ether oxygens (including phenoxy) is 1. The third kappa shape index (κ3) is 3.03. The molecular weight excluding hydrogens is 248 g/mol. The summed E-state index contributed by atoms with van der Waals surface area (Å²) < 4.78 is 5.28. The summed E-state index contributed by atoms with van der Waals surface area (Å²) in [5.41, 5.74) is 8.40. The minimum Gasteiger partial charge on any atom is -0.494 e. The maximum atomic E-state index is 11.7. The quantitative estimate of drug-likeness (QED) is 0.705. The number of amides is 1. The number of aliphatic carboxylic acids is 1. The van der Waals surface area contributed by atoms with Gasteiger partial charge in [0.2, 0.25) is 0 Å². The normalized spacial score (nSPS) is 11.8. The van der Waals surface area contributed by atoms with Crippen molar-refractivity contribution in [2.24, 2.45) is 5.73 Å². The highest BCUT2D eigenvalue weighted by Gasteiger charge is 2.23. The molecule has 6 nitrogen and oxygen atoms in total.